The second kappa shape index (κ2) is 7.59. The van der Waals surface area contributed by atoms with Crippen LogP contribution in [0.3, 0.4) is 0 Å². The number of benzene rings is 1. The van der Waals surface area contributed by atoms with Crippen LogP contribution in [0.2, 0.25) is 0 Å². The van der Waals surface area contributed by atoms with Crippen LogP contribution in [0.25, 0.3) is 0 Å². The molecule has 0 spiro atoms. The van der Waals surface area contributed by atoms with E-state index in [1.807, 2.05) is 0 Å². The maximum absolute atomic E-state index is 13.8. The molecule has 2 atom stereocenters. The zero-order valence-corrected chi connectivity index (χ0v) is 12.5. The van der Waals surface area contributed by atoms with Gasteiger partial charge in [0.1, 0.15) is 6.61 Å². The van der Waals surface area contributed by atoms with Crippen molar-refractivity contribution in [3.8, 4) is 11.5 Å². The van der Waals surface area contributed by atoms with Crippen molar-refractivity contribution in [1.29, 1.82) is 0 Å². The van der Waals surface area contributed by atoms with E-state index in [2.05, 4.69) is 6.92 Å². The zero-order valence-electron chi connectivity index (χ0n) is 12.5. The molecule has 0 radical (unpaired) electrons. The highest BCUT2D eigenvalue weighted by atomic mass is 19.2. The van der Waals surface area contributed by atoms with Gasteiger partial charge in [-0.1, -0.05) is 13.3 Å². The third kappa shape index (κ3) is 4.06. The summed E-state index contributed by atoms with van der Waals surface area (Å²) < 4.78 is 43.7. The molecular weight excluding hydrogens is 278 g/mol. The zero-order chi connectivity index (χ0) is 15.2. The Morgan fingerprint density at radius 1 is 1.05 bits per heavy atom. The molecule has 1 saturated heterocycles. The SMILES string of the molecule is CCCC1CCC(COc2ccc(OCC)c(F)c2F)O1. The van der Waals surface area contributed by atoms with Crippen molar-refractivity contribution in [1.82, 2.24) is 0 Å². The lowest BCUT2D eigenvalue weighted by Crippen LogP contribution is -2.19. The summed E-state index contributed by atoms with van der Waals surface area (Å²) in [5, 5.41) is 0. The highest BCUT2D eigenvalue weighted by Crippen LogP contribution is 2.29. The molecule has 0 N–H and O–H groups in total. The van der Waals surface area contributed by atoms with Crippen LogP contribution < -0.4 is 9.47 Å². The van der Waals surface area contributed by atoms with Crippen LogP contribution in [0.1, 0.15) is 39.5 Å². The third-order valence-electron chi connectivity index (χ3n) is 3.54. The van der Waals surface area contributed by atoms with Crippen LogP contribution in [0.5, 0.6) is 11.5 Å². The van der Waals surface area contributed by atoms with Gasteiger partial charge in [0.25, 0.3) is 0 Å². The van der Waals surface area contributed by atoms with Crippen LogP contribution in [-0.4, -0.2) is 25.4 Å². The second-order valence-electron chi connectivity index (χ2n) is 5.18. The molecule has 0 aromatic heterocycles. The predicted octanol–water partition coefficient (Wildman–Crippen LogP) is 4.09. The number of halogens is 2. The molecule has 0 aliphatic carbocycles. The van der Waals surface area contributed by atoms with Crippen LogP contribution in [0.4, 0.5) is 8.78 Å². The quantitative estimate of drug-likeness (QED) is 0.759. The van der Waals surface area contributed by atoms with Crippen molar-refractivity contribution < 1.29 is 23.0 Å². The highest BCUT2D eigenvalue weighted by molar-refractivity contribution is 5.35. The van der Waals surface area contributed by atoms with Gasteiger partial charge in [-0.05, 0) is 38.3 Å². The van der Waals surface area contributed by atoms with Crippen LogP contribution >= 0.6 is 0 Å². The average molecular weight is 300 g/mol. The minimum absolute atomic E-state index is 0.0458. The Morgan fingerprint density at radius 2 is 1.67 bits per heavy atom. The van der Waals surface area contributed by atoms with Crippen LogP contribution in [0, 0.1) is 11.6 Å². The molecule has 1 fully saturated rings. The first-order chi connectivity index (χ1) is 10.2. The summed E-state index contributed by atoms with van der Waals surface area (Å²) in [7, 11) is 0. The van der Waals surface area contributed by atoms with E-state index in [1.165, 1.54) is 12.1 Å². The maximum Gasteiger partial charge on any atom is 0.204 e. The topological polar surface area (TPSA) is 27.7 Å². The van der Waals surface area contributed by atoms with Gasteiger partial charge in [-0.25, -0.2) is 0 Å². The molecule has 2 unspecified atom stereocenters. The fraction of sp³-hybridized carbons (Fsp3) is 0.625. The molecule has 3 nitrogen and oxygen atoms in total. The monoisotopic (exact) mass is 300 g/mol. The van der Waals surface area contributed by atoms with Crippen molar-refractivity contribution in [3.63, 3.8) is 0 Å². The molecule has 2 rings (SSSR count). The van der Waals surface area contributed by atoms with Crippen molar-refractivity contribution >= 4 is 0 Å². The van der Waals surface area contributed by atoms with Gasteiger partial charge >= 0.3 is 0 Å². The van der Waals surface area contributed by atoms with Crippen LogP contribution in [0.15, 0.2) is 12.1 Å². The Morgan fingerprint density at radius 3 is 2.29 bits per heavy atom. The smallest absolute Gasteiger partial charge is 0.204 e. The van der Waals surface area contributed by atoms with E-state index in [0.717, 1.165) is 25.7 Å². The van der Waals surface area contributed by atoms with Gasteiger partial charge in [0.2, 0.25) is 11.6 Å². The lowest BCUT2D eigenvalue weighted by Gasteiger charge is -2.15. The molecule has 1 heterocycles. The van der Waals surface area contributed by atoms with Gasteiger partial charge in [0.15, 0.2) is 11.5 Å². The van der Waals surface area contributed by atoms with Gasteiger partial charge in [-0.3, -0.25) is 0 Å². The summed E-state index contributed by atoms with van der Waals surface area (Å²) in [4.78, 5) is 0. The predicted molar refractivity (Wildman–Crippen MR) is 75.8 cm³/mol. The van der Waals surface area contributed by atoms with Gasteiger partial charge in [-0.15, -0.1) is 0 Å². The normalized spacial score (nSPS) is 21.5. The fourth-order valence-corrected chi connectivity index (χ4v) is 2.51. The van der Waals surface area contributed by atoms with E-state index in [1.54, 1.807) is 6.92 Å². The molecule has 1 aromatic carbocycles. The lowest BCUT2D eigenvalue weighted by molar-refractivity contribution is 0.0134. The first-order valence-corrected chi connectivity index (χ1v) is 7.54. The number of hydrogen-bond donors (Lipinski definition) is 0. The summed E-state index contributed by atoms with van der Waals surface area (Å²) in [6, 6.07) is 2.77. The van der Waals surface area contributed by atoms with Crippen molar-refractivity contribution in [3.05, 3.63) is 23.8 Å². The Bertz CT molecular complexity index is 465. The molecule has 1 aliphatic rings. The molecule has 1 aromatic rings. The summed E-state index contributed by atoms with van der Waals surface area (Å²) in [6.45, 7) is 4.35. The van der Waals surface area contributed by atoms with E-state index in [4.69, 9.17) is 14.2 Å². The molecule has 1 aliphatic heterocycles. The number of rotatable bonds is 7. The number of ether oxygens (including phenoxy) is 3. The van der Waals surface area contributed by atoms with E-state index in [-0.39, 0.29) is 36.9 Å². The highest BCUT2D eigenvalue weighted by Gasteiger charge is 2.25. The van der Waals surface area contributed by atoms with Gasteiger partial charge in [0, 0.05) is 0 Å². The van der Waals surface area contributed by atoms with Crippen molar-refractivity contribution in [2.45, 2.75) is 51.7 Å². The lowest BCUT2D eigenvalue weighted by atomic mass is 10.1. The van der Waals surface area contributed by atoms with Crippen molar-refractivity contribution in [2.75, 3.05) is 13.2 Å². The second-order valence-corrected chi connectivity index (χ2v) is 5.18. The Hall–Kier alpha value is -1.36. The molecule has 21 heavy (non-hydrogen) atoms. The number of hydrogen-bond acceptors (Lipinski definition) is 3. The largest absolute Gasteiger partial charge is 0.491 e. The third-order valence-corrected chi connectivity index (χ3v) is 3.54. The minimum Gasteiger partial charge on any atom is -0.491 e. The van der Waals surface area contributed by atoms with Gasteiger partial charge < -0.3 is 14.2 Å². The van der Waals surface area contributed by atoms with Gasteiger partial charge in [-0.2, -0.15) is 8.78 Å². The van der Waals surface area contributed by atoms with Crippen LogP contribution in [-0.2, 0) is 4.74 Å². The molecule has 0 bridgehead atoms. The van der Waals surface area contributed by atoms with E-state index >= 15 is 0 Å². The average Bonchev–Trinajstić information content (AvgIpc) is 2.91. The Balaban J connectivity index is 1.90. The van der Waals surface area contributed by atoms with Crippen molar-refractivity contribution in [2.24, 2.45) is 0 Å². The standard InChI is InChI=1S/C16H22F2O3/c1-3-5-11-6-7-12(21-11)10-20-14-9-8-13(19-4-2)15(17)16(14)18/h8-9,11-12H,3-7,10H2,1-2H3. The summed E-state index contributed by atoms with van der Waals surface area (Å²) in [5.41, 5.74) is 0. The first kappa shape index (κ1) is 16.0. The molecule has 0 saturated carbocycles. The first-order valence-electron chi connectivity index (χ1n) is 7.54. The molecular formula is C16H22F2O3. The minimum atomic E-state index is -1.01. The molecule has 0 amide bonds. The van der Waals surface area contributed by atoms with E-state index in [9.17, 15) is 8.78 Å². The summed E-state index contributed by atoms with van der Waals surface area (Å²) in [5.74, 6) is -2.21. The molecule has 5 heteroatoms. The Kier molecular flexibility index (Phi) is 5.79. The molecule has 118 valence electrons. The summed E-state index contributed by atoms with van der Waals surface area (Å²) >= 11 is 0. The van der Waals surface area contributed by atoms with Gasteiger partial charge in [0.05, 0.1) is 18.8 Å². The fourth-order valence-electron chi connectivity index (χ4n) is 2.51. The Labute approximate surface area is 124 Å². The summed E-state index contributed by atoms with van der Waals surface area (Å²) in [6.07, 6.45) is 4.23. The van der Waals surface area contributed by atoms with E-state index in [0.29, 0.717) is 0 Å². The maximum atomic E-state index is 13.8. The van der Waals surface area contributed by atoms with E-state index < -0.39 is 11.6 Å².